The first-order chi connectivity index (χ1) is 8.68. The van der Waals surface area contributed by atoms with E-state index in [1.807, 2.05) is 0 Å². The lowest BCUT2D eigenvalue weighted by atomic mass is 9.82. The molecule has 19 heavy (non-hydrogen) atoms. The Kier molecular flexibility index (Phi) is 5.88. The lowest BCUT2D eigenvalue weighted by molar-refractivity contribution is 0.0118. The summed E-state index contributed by atoms with van der Waals surface area (Å²) < 4.78 is 0. The summed E-state index contributed by atoms with van der Waals surface area (Å²) >= 11 is 0. The van der Waals surface area contributed by atoms with Crippen LogP contribution < -0.4 is 5.32 Å². The Hall–Kier alpha value is -0.0800. The van der Waals surface area contributed by atoms with Gasteiger partial charge >= 0.3 is 0 Å². The van der Waals surface area contributed by atoms with Gasteiger partial charge in [-0.05, 0) is 23.7 Å². The Morgan fingerprint density at radius 3 is 2.11 bits per heavy atom. The SMILES string of the molecule is CCC(C(C)C)N1CC(C(C)(C)C)NCC1C(C)C. The van der Waals surface area contributed by atoms with Crippen molar-refractivity contribution < 1.29 is 0 Å². The molecule has 0 aromatic heterocycles. The highest BCUT2D eigenvalue weighted by Gasteiger charge is 2.38. The number of nitrogens with zero attached hydrogens (tertiary/aromatic N) is 1. The van der Waals surface area contributed by atoms with Crippen LogP contribution in [0, 0.1) is 17.3 Å². The van der Waals surface area contributed by atoms with Gasteiger partial charge in [-0.3, -0.25) is 4.90 Å². The van der Waals surface area contributed by atoms with E-state index in [0.717, 1.165) is 24.4 Å². The van der Waals surface area contributed by atoms with E-state index in [4.69, 9.17) is 0 Å². The first kappa shape index (κ1) is 17.0. The second-order valence-electron chi connectivity index (χ2n) is 8.05. The van der Waals surface area contributed by atoms with Crippen molar-refractivity contribution in [2.24, 2.45) is 17.3 Å². The van der Waals surface area contributed by atoms with Crippen LogP contribution >= 0.6 is 0 Å². The fraction of sp³-hybridized carbons (Fsp3) is 1.00. The summed E-state index contributed by atoms with van der Waals surface area (Å²) in [5.74, 6) is 1.46. The molecule has 1 N–H and O–H groups in total. The molecule has 0 amide bonds. The van der Waals surface area contributed by atoms with Crippen LogP contribution in [0.3, 0.4) is 0 Å². The van der Waals surface area contributed by atoms with Gasteiger partial charge in [-0.2, -0.15) is 0 Å². The molecule has 1 heterocycles. The molecule has 114 valence electrons. The van der Waals surface area contributed by atoms with E-state index < -0.39 is 0 Å². The summed E-state index contributed by atoms with van der Waals surface area (Å²) in [6.45, 7) is 21.2. The number of nitrogens with one attached hydrogen (secondary N) is 1. The summed E-state index contributed by atoms with van der Waals surface area (Å²) in [6, 6.07) is 2.01. The van der Waals surface area contributed by atoms with Crippen molar-refractivity contribution >= 4 is 0 Å². The predicted octanol–water partition coefficient (Wildman–Crippen LogP) is 3.77. The quantitative estimate of drug-likeness (QED) is 0.835. The van der Waals surface area contributed by atoms with E-state index >= 15 is 0 Å². The van der Waals surface area contributed by atoms with E-state index in [1.54, 1.807) is 0 Å². The minimum absolute atomic E-state index is 0.343. The Balaban J connectivity index is 2.90. The number of piperazine rings is 1. The molecule has 3 unspecified atom stereocenters. The largest absolute Gasteiger partial charge is 0.311 e. The molecule has 3 atom stereocenters. The zero-order chi connectivity index (χ0) is 14.8. The van der Waals surface area contributed by atoms with Crippen molar-refractivity contribution in [2.45, 2.75) is 79.9 Å². The highest BCUT2D eigenvalue weighted by atomic mass is 15.3. The van der Waals surface area contributed by atoms with Gasteiger partial charge in [-0.1, -0.05) is 55.4 Å². The first-order valence-electron chi connectivity index (χ1n) is 8.17. The fourth-order valence-electron chi connectivity index (χ4n) is 3.46. The second-order valence-corrected chi connectivity index (χ2v) is 8.05. The summed E-state index contributed by atoms with van der Waals surface area (Å²) in [4.78, 5) is 2.81. The molecule has 1 aliphatic heterocycles. The molecule has 2 heteroatoms. The van der Waals surface area contributed by atoms with Crippen LogP contribution in [0.4, 0.5) is 0 Å². The number of rotatable bonds is 4. The van der Waals surface area contributed by atoms with E-state index in [0.29, 0.717) is 17.5 Å². The number of hydrogen-bond acceptors (Lipinski definition) is 2. The molecule has 1 saturated heterocycles. The Morgan fingerprint density at radius 1 is 1.16 bits per heavy atom. The smallest absolute Gasteiger partial charge is 0.0247 e. The van der Waals surface area contributed by atoms with Gasteiger partial charge in [0.05, 0.1) is 0 Å². The van der Waals surface area contributed by atoms with Crippen molar-refractivity contribution in [2.75, 3.05) is 13.1 Å². The van der Waals surface area contributed by atoms with Crippen molar-refractivity contribution in [3.8, 4) is 0 Å². The summed E-state index contributed by atoms with van der Waals surface area (Å²) in [7, 11) is 0. The third-order valence-electron chi connectivity index (χ3n) is 4.82. The third-order valence-corrected chi connectivity index (χ3v) is 4.82. The molecule has 0 bridgehead atoms. The maximum absolute atomic E-state index is 3.80. The average Bonchev–Trinajstić information content (AvgIpc) is 2.27. The molecule has 2 nitrogen and oxygen atoms in total. The second kappa shape index (κ2) is 6.58. The first-order valence-corrected chi connectivity index (χ1v) is 8.17. The zero-order valence-corrected chi connectivity index (χ0v) is 14.5. The van der Waals surface area contributed by atoms with Crippen LogP contribution in [0.15, 0.2) is 0 Å². The van der Waals surface area contributed by atoms with Gasteiger partial charge in [0.15, 0.2) is 0 Å². The molecule has 0 saturated carbocycles. The molecule has 0 radical (unpaired) electrons. The van der Waals surface area contributed by atoms with E-state index in [-0.39, 0.29) is 0 Å². The van der Waals surface area contributed by atoms with Crippen LogP contribution in [0.5, 0.6) is 0 Å². The van der Waals surface area contributed by atoms with Gasteiger partial charge in [0, 0.05) is 31.2 Å². The molecular weight excluding hydrogens is 232 g/mol. The van der Waals surface area contributed by atoms with Crippen LogP contribution in [-0.4, -0.2) is 36.1 Å². The molecule has 1 fully saturated rings. The van der Waals surface area contributed by atoms with Gasteiger partial charge in [0.2, 0.25) is 0 Å². The molecule has 0 aliphatic carbocycles. The van der Waals surface area contributed by atoms with Gasteiger partial charge in [0.1, 0.15) is 0 Å². The minimum atomic E-state index is 0.343. The van der Waals surface area contributed by atoms with Gasteiger partial charge in [0.25, 0.3) is 0 Å². The highest BCUT2D eigenvalue weighted by molar-refractivity contribution is 4.95. The Morgan fingerprint density at radius 2 is 1.74 bits per heavy atom. The minimum Gasteiger partial charge on any atom is -0.311 e. The molecule has 0 spiro atoms. The standard InChI is InChI=1S/C17H36N2/c1-9-14(12(2)3)19-11-16(17(6,7)8)18-10-15(19)13(4)5/h12-16,18H,9-11H2,1-8H3. The highest BCUT2D eigenvalue weighted by Crippen LogP contribution is 2.29. The van der Waals surface area contributed by atoms with Gasteiger partial charge in [-0.25, -0.2) is 0 Å². The molecular formula is C17H36N2. The Bertz CT molecular complexity index is 255. The van der Waals surface area contributed by atoms with Crippen LogP contribution in [0.2, 0.25) is 0 Å². The predicted molar refractivity (Wildman–Crippen MR) is 85.5 cm³/mol. The molecule has 0 aromatic rings. The van der Waals surface area contributed by atoms with Crippen molar-refractivity contribution in [3.63, 3.8) is 0 Å². The van der Waals surface area contributed by atoms with Crippen LogP contribution in [-0.2, 0) is 0 Å². The Labute approximate surface area is 121 Å². The maximum Gasteiger partial charge on any atom is 0.0247 e. The molecule has 0 aromatic carbocycles. The van der Waals surface area contributed by atoms with Crippen LogP contribution in [0.25, 0.3) is 0 Å². The average molecular weight is 268 g/mol. The summed E-state index contributed by atoms with van der Waals surface area (Å²) in [5.41, 5.74) is 0.343. The lowest BCUT2D eigenvalue weighted by Crippen LogP contribution is -2.64. The third kappa shape index (κ3) is 4.19. The van der Waals surface area contributed by atoms with E-state index in [2.05, 4.69) is 65.6 Å². The van der Waals surface area contributed by atoms with Crippen molar-refractivity contribution in [1.29, 1.82) is 0 Å². The fourth-order valence-corrected chi connectivity index (χ4v) is 3.46. The monoisotopic (exact) mass is 268 g/mol. The number of hydrogen-bond donors (Lipinski definition) is 1. The normalized spacial score (nSPS) is 28.1. The van der Waals surface area contributed by atoms with E-state index in [9.17, 15) is 0 Å². The lowest BCUT2D eigenvalue weighted by Gasteiger charge is -2.50. The van der Waals surface area contributed by atoms with Crippen molar-refractivity contribution in [1.82, 2.24) is 10.2 Å². The molecule has 1 rings (SSSR count). The van der Waals surface area contributed by atoms with Gasteiger partial charge < -0.3 is 5.32 Å². The topological polar surface area (TPSA) is 15.3 Å². The molecule has 1 aliphatic rings. The van der Waals surface area contributed by atoms with Gasteiger partial charge in [-0.15, -0.1) is 0 Å². The maximum atomic E-state index is 3.80. The van der Waals surface area contributed by atoms with Crippen molar-refractivity contribution in [3.05, 3.63) is 0 Å². The van der Waals surface area contributed by atoms with Crippen LogP contribution in [0.1, 0.15) is 61.8 Å². The summed E-state index contributed by atoms with van der Waals surface area (Å²) in [6.07, 6.45) is 1.26. The van der Waals surface area contributed by atoms with E-state index in [1.165, 1.54) is 13.0 Å². The zero-order valence-electron chi connectivity index (χ0n) is 14.5. The summed E-state index contributed by atoms with van der Waals surface area (Å²) in [5, 5.41) is 3.80.